The summed E-state index contributed by atoms with van der Waals surface area (Å²) in [6, 6.07) is 6.34. The Labute approximate surface area is 79.7 Å². The fourth-order valence-corrected chi connectivity index (χ4v) is 0.867. The van der Waals surface area contributed by atoms with Crippen LogP contribution >= 0.6 is 0 Å². The lowest BCUT2D eigenvalue weighted by atomic mass is 10.1. The third-order valence-electron chi connectivity index (χ3n) is 1.54. The second-order valence-electron chi connectivity index (χ2n) is 2.65. The molecule has 14 heavy (non-hydrogen) atoms. The van der Waals surface area contributed by atoms with Crippen molar-refractivity contribution in [3.8, 4) is 11.8 Å². The van der Waals surface area contributed by atoms with E-state index in [2.05, 4.69) is 0 Å². The molecular formula is C10H8F3N. The van der Waals surface area contributed by atoms with E-state index in [1.54, 1.807) is 12.1 Å². The maximum absolute atomic E-state index is 11.7. The summed E-state index contributed by atoms with van der Waals surface area (Å²) in [6.07, 6.45) is -4.44. The van der Waals surface area contributed by atoms with Gasteiger partial charge < -0.3 is 5.73 Å². The van der Waals surface area contributed by atoms with Crippen LogP contribution in [-0.2, 0) is 6.54 Å². The van der Waals surface area contributed by atoms with Crippen LogP contribution in [0.15, 0.2) is 24.3 Å². The van der Waals surface area contributed by atoms with E-state index < -0.39 is 6.18 Å². The number of rotatable bonds is 1. The molecule has 0 amide bonds. The van der Waals surface area contributed by atoms with Crippen LogP contribution in [0.1, 0.15) is 11.1 Å². The molecule has 0 bridgehead atoms. The molecule has 0 spiro atoms. The first-order valence-corrected chi connectivity index (χ1v) is 3.90. The Hall–Kier alpha value is -1.47. The minimum Gasteiger partial charge on any atom is -0.326 e. The van der Waals surface area contributed by atoms with Gasteiger partial charge >= 0.3 is 6.18 Å². The van der Waals surface area contributed by atoms with E-state index in [-0.39, 0.29) is 0 Å². The normalized spacial score (nSPS) is 10.6. The smallest absolute Gasteiger partial charge is 0.326 e. The summed E-state index contributed by atoms with van der Waals surface area (Å²) in [6.45, 7) is 0.368. The van der Waals surface area contributed by atoms with Gasteiger partial charge in [-0.25, -0.2) is 0 Å². The Morgan fingerprint density at radius 3 is 2.14 bits per heavy atom. The molecule has 0 fully saturated rings. The van der Waals surface area contributed by atoms with Crippen molar-refractivity contribution in [1.82, 2.24) is 0 Å². The lowest BCUT2D eigenvalue weighted by molar-refractivity contribution is -0.0696. The van der Waals surface area contributed by atoms with Gasteiger partial charge in [0.05, 0.1) is 0 Å². The van der Waals surface area contributed by atoms with Crippen molar-refractivity contribution >= 4 is 0 Å². The van der Waals surface area contributed by atoms with Gasteiger partial charge in [0.2, 0.25) is 0 Å². The summed E-state index contributed by atoms with van der Waals surface area (Å²) in [4.78, 5) is 0. The highest BCUT2D eigenvalue weighted by Gasteiger charge is 2.22. The molecule has 4 heteroatoms. The fourth-order valence-electron chi connectivity index (χ4n) is 0.867. The topological polar surface area (TPSA) is 26.0 Å². The van der Waals surface area contributed by atoms with Crippen LogP contribution in [0, 0.1) is 11.8 Å². The molecule has 1 rings (SSSR count). The van der Waals surface area contributed by atoms with Gasteiger partial charge in [0, 0.05) is 18.0 Å². The minimum atomic E-state index is -4.44. The molecule has 0 aliphatic rings. The molecule has 2 N–H and O–H groups in total. The van der Waals surface area contributed by atoms with Crippen LogP contribution < -0.4 is 5.73 Å². The van der Waals surface area contributed by atoms with Crippen LogP contribution in [0.2, 0.25) is 0 Å². The van der Waals surface area contributed by atoms with E-state index in [1.165, 1.54) is 18.1 Å². The van der Waals surface area contributed by atoms with Gasteiger partial charge in [-0.3, -0.25) is 0 Å². The van der Waals surface area contributed by atoms with Crippen LogP contribution in [0.4, 0.5) is 13.2 Å². The van der Waals surface area contributed by atoms with Crippen molar-refractivity contribution in [2.24, 2.45) is 5.73 Å². The van der Waals surface area contributed by atoms with Gasteiger partial charge in [-0.2, -0.15) is 13.2 Å². The third-order valence-corrected chi connectivity index (χ3v) is 1.54. The van der Waals surface area contributed by atoms with E-state index in [4.69, 9.17) is 5.73 Å². The van der Waals surface area contributed by atoms with Crippen LogP contribution in [0.25, 0.3) is 0 Å². The summed E-state index contributed by atoms with van der Waals surface area (Å²) in [5, 5.41) is 0. The Morgan fingerprint density at radius 2 is 1.71 bits per heavy atom. The largest absolute Gasteiger partial charge is 0.458 e. The zero-order valence-corrected chi connectivity index (χ0v) is 7.23. The van der Waals surface area contributed by atoms with Gasteiger partial charge in [-0.1, -0.05) is 18.1 Å². The third kappa shape index (κ3) is 3.50. The van der Waals surface area contributed by atoms with Crippen LogP contribution in [0.3, 0.4) is 0 Å². The van der Waals surface area contributed by atoms with E-state index in [1.807, 2.05) is 5.92 Å². The van der Waals surface area contributed by atoms with Crippen molar-refractivity contribution in [1.29, 1.82) is 0 Å². The first-order valence-electron chi connectivity index (χ1n) is 3.90. The molecule has 0 heterocycles. The predicted octanol–water partition coefficient (Wildman–Crippen LogP) is 2.06. The highest BCUT2D eigenvalue weighted by molar-refractivity contribution is 5.36. The number of hydrogen-bond donors (Lipinski definition) is 1. The Morgan fingerprint density at radius 1 is 1.14 bits per heavy atom. The van der Waals surface area contributed by atoms with Crippen LogP contribution in [0.5, 0.6) is 0 Å². The number of alkyl halides is 3. The number of halogens is 3. The summed E-state index contributed by atoms with van der Waals surface area (Å²) < 4.78 is 35.1. The standard InChI is InChI=1S/C10H8F3N/c11-10(12,13)6-5-8-1-3-9(7-14)4-2-8/h1-4H,7,14H2. The molecule has 1 nitrogen and oxygen atoms in total. The van der Waals surface area contributed by atoms with Gasteiger partial charge in [0.25, 0.3) is 0 Å². The molecule has 0 aliphatic heterocycles. The van der Waals surface area contributed by atoms with Gasteiger partial charge in [-0.05, 0) is 17.7 Å². The number of benzene rings is 1. The van der Waals surface area contributed by atoms with E-state index >= 15 is 0 Å². The van der Waals surface area contributed by atoms with Crippen molar-refractivity contribution in [3.63, 3.8) is 0 Å². The zero-order valence-electron chi connectivity index (χ0n) is 7.23. The van der Waals surface area contributed by atoms with Crippen LogP contribution in [-0.4, -0.2) is 6.18 Å². The predicted molar refractivity (Wildman–Crippen MR) is 47.3 cm³/mol. The molecule has 0 unspecified atom stereocenters. The molecule has 0 saturated heterocycles. The van der Waals surface area contributed by atoms with Gasteiger partial charge in [0.1, 0.15) is 0 Å². The molecule has 0 radical (unpaired) electrons. The molecule has 0 atom stereocenters. The average molecular weight is 199 g/mol. The molecule has 1 aromatic rings. The monoisotopic (exact) mass is 199 g/mol. The van der Waals surface area contributed by atoms with Gasteiger partial charge in [0.15, 0.2) is 0 Å². The summed E-state index contributed by atoms with van der Waals surface area (Å²) in [5.41, 5.74) is 6.52. The second kappa shape index (κ2) is 4.16. The molecule has 74 valence electrons. The van der Waals surface area contributed by atoms with E-state index in [9.17, 15) is 13.2 Å². The minimum absolute atomic E-state index is 0.333. The fraction of sp³-hybridized carbons (Fsp3) is 0.200. The Bertz CT molecular complexity index is 354. The molecule has 0 aromatic heterocycles. The lowest BCUT2D eigenvalue weighted by Crippen LogP contribution is -2.01. The maximum atomic E-state index is 11.7. The number of nitrogens with two attached hydrogens (primary N) is 1. The first-order chi connectivity index (χ1) is 6.51. The van der Waals surface area contributed by atoms with Gasteiger partial charge in [-0.15, -0.1) is 0 Å². The average Bonchev–Trinajstić information content (AvgIpc) is 2.14. The van der Waals surface area contributed by atoms with Crippen molar-refractivity contribution in [3.05, 3.63) is 35.4 Å². The number of hydrogen-bond acceptors (Lipinski definition) is 1. The molecule has 0 aliphatic carbocycles. The molecule has 1 aromatic carbocycles. The van der Waals surface area contributed by atoms with Crippen molar-refractivity contribution < 1.29 is 13.2 Å². The first kappa shape index (κ1) is 10.6. The summed E-state index contributed by atoms with van der Waals surface area (Å²) in [5.74, 6) is 3.21. The van der Waals surface area contributed by atoms with Crippen molar-refractivity contribution in [2.75, 3.05) is 0 Å². The van der Waals surface area contributed by atoms with E-state index in [0.29, 0.717) is 12.1 Å². The van der Waals surface area contributed by atoms with E-state index in [0.717, 1.165) is 5.56 Å². The molecule has 0 saturated carbocycles. The van der Waals surface area contributed by atoms with Crippen molar-refractivity contribution in [2.45, 2.75) is 12.7 Å². The zero-order chi connectivity index (χ0) is 10.6. The Kier molecular flexibility index (Phi) is 3.15. The SMILES string of the molecule is NCc1ccc(C#CC(F)(F)F)cc1. The lowest BCUT2D eigenvalue weighted by Gasteiger charge is -1.96. The second-order valence-corrected chi connectivity index (χ2v) is 2.65. The summed E-state index contributed by atoms with van der Waals surface area (Å²) in [7, 11) is 0. The summed E-state index contributed by atoms with van der Waals surface area (Å²) >= 11 is 0. The quantitative estimate of drug-likeness (QED) is 0.688. The maximum Gasteiger partial charge on any atom is 0.458 e. The highest BCUT2D eigenvalue weighted by atomic mass is 19.4. The highest BCUT2D eigenvalue weighted by Crippen LogP contribution is 2.12. The Balaban J connectivity index is 2.82. The molecular weight excluding hydrogens is 191 g/mol.